The number of nitrogens with one attached hydrogen (secondary N) is 1. The van der Waals surface area contributed by atoms with E-state index in [1.165, 1.54) is 17.3 Å². The smallest absolute Gasteiger partial charge is 0.243 e. The quantitative estimate of drug-likeness (QED) is 0.370. The molecule has 0 bridgehead atoms. The van der Waals surface area contributed by atoms with Crippen molar-refractivity contribution in [1.82, 2.24) is 10.2 Å². The van der Waals surface area contributed by atoms with Gasteiger partial charge in [0, 0.05) is 24.4 Å². The second kappa shape index (κ2) is 13.0. The number of hydrogen-bond acceptors (Lipinski definition) is 3. The van der Waals surface area contributed by atoms with Crippen LogP contribution < -0.4 is 5.32 Å². The lowest BCUT2D eigenvalue weighted by Crippen LogP contribution is -2.51. The van der Waals surface area contributed by atoms with Gasteiger partial charge in [0.1, 0.15) is 6.04 Å². The molecule has 0 aliphatic carbocycles. The van der Waals surface area contributed by atoms with Gasteiger partial charge in [0.2, 0.25) is 11.8 Å². The molecule has 3 rings (SSSR count). The van der Waals surface area contributed by atoms with Crippen LogP contribution in [0.25, 0.3) is 0 Å². The molecule has 0 heterocycles. The summed E-state index contributed by atoms with van der Waals surface area (Å²) in [5.41, 5.74) is 4.40. The minimum atomic E-state index is -0.582. The van der Waals surface area contributed by atoms with Crippen LogP contribution in [-0.2, 0) is 22.6 Å². The first-order chi connectivity index (χ1) is 16.5. The maximum absolute atomic E-state index is 13.6. The molecule has 0 radical (unpaired) electrons. The maximum Gasteiger partial charge on any atom is 0.243 e. The minimum Gasteiger partial charge on any atom is -0.354 e. The van der Waals surface area contributed by atoms with Crippen molar-refractivity contribution in [3.8, 4) is 0 Å². The average Bonchev–Trinajstić information content (AvgIpc) is 2.86. The summed E-state index contributed by atoms with van der Waals surface area (Å²) in [7, 11) is 0. The monoisotopic (exact) mass is 474 g/mol. The largest absolute Gasteiger partial charge is 0.354 e. The molecular weight excluding hydrogens is 440 g/mol. The first-order valence-electron chi connectivity index (χ1n) is 11.8. The summed E-state index contributed by atoms with van der Waals surface area (Å²) in [5.74, 6) is 0.131. The summed E-state index contributed by atoms with van der Waals surface area (Å²) in [4.78, 5) is 29.7. The van der Waals surface area contributed by atoms with Crippen molar-refractivity contribution in [1.29, 1.82) is 0 Å². The van der Waals surface area contributed by atoms with Gasteiger partial charge < -0.3 is 10.2 Å². The lowest BCUT2D eigenvalue weighted by molar-refractivity contribution is -0.139. The molecule has 0 saturated heterocycles. The molecule has 4 nitrogen and oxygen atoms in total. The molecule has 2 amide bonds. The third-order valence-corrected chi connectivity index (χ3v) is 6.67. The first-order valence-corrected chi connectivity index (χ1v) is 12.8. The van der Waals surface area contributed by atoms with Crippen molar-refractivity contribution in [2.45, 2.75) is 51.1 Å². The highest BCUT2D eigenvalue weighted by Crippen LogP contribution is 2.21. The second-order valence-corrected chi connectivity index (χ2v) is 9.65. The van der Waals surface area contributed by atoms with Crippen molar-refractivity contribution < 1.29 is 9.59 Å². The number of thioether (sulfide) groups is 1. The Hall–Kier alpha value is -3.05. The Kier molecular flexibility index (Phi) is 9.77. The number of carbonyl (C=O) groups excluding carboxylic acids is 2. The van der Waals surface area contributed by atoms with Gasteiger partial charge >= 0.3 is 0 Å². The maximum atomic E-state index is 13.6. The number of carbonyl (C=O) groups is 2. The highest BCUT2D eigenvalue weighted by Gasteiger charge is 2.30. The zero-order chi connectivity index (χ0) is 24.3. The van der Waals surface area contributed by atoms with Gasteiger partial charge in [-0.15, -0.1) is 11.8 Å². The lowest BCUT2D eigenvalue weighted by atomic mass is 10.0. The van der Waals surface area contributed by atoms with Crippen LogP contribution in [0.2, 0.25) is 0 Å². The van der Waals surface area contributed by atoms with Crippen LogP contribution in [0, 0.1) is 13.8 Å². The summed E-state index contributed by atoms with van der Waals surface area (Å²) >= 11 is 1.51. The Bertz CT molecular complexity index is 1050. The third kappa shape index (κ3) is 7.77. The number of nitrogens with zero attached hydrogens (tertiary/aromatic N) is 1. The van der Waals surface area contributed by atoms with E-state index in [9.17, 15) is 9.59 Å². The second-order valence-electron chi connectivity index (χ2n) is 8.61. The molecular formula is C29H34N2O2S. The van der Waals surface area contributed by atoms with E-state index in [-0.39, 0.29) is 17.6 Å². The van der Waals surface area contributed by atoms with Crippen molar-refractivity contribution >= 4 is 23.6 Å². The van der Waals surface area contributed by atoms with Gasteiger partial charge in [0.05, 0.1) is 5.75 Å². The molecule has 0 spiro atoms. The molecule has 1 unspecified atom stereocenters. The summed E-state index contributed by atoms with van der Waals surface area (Å²) in [5, 5.41) is 3.02. The summed E-state index contributed by atoms with van der Waals surface area (Å²) < 4.78 is 0. The van der Waals surface area contributed by atoms with E-state index >= 15 is 0 Å². The van der Waals surface area contributed by atoms with Crippen LogP contribution >= 0.6 is 11.8 Å². The van der Waals surface area contributed by atoms with Gasteiger partial charge in [0.25, 0.3) is 0 Å². The van der Waals surface area contributed by atoms with Gasteiger partial charge in [-0.1, -0.05) is 84.8 Å². The predicted octanol–water partition coefficient (Wildman–Crippen LogP) is 5.56. The van der Waals surface area contributed by atoms with Gasteiger partial charge in [-0.05, 0) is 43.5 Å². The highest BCUT2D eigenvalue weighted by atomic mass is 32.2. The van der Waals surface area contributed by atoms with Crippen molar-refractivity contribution in [3.05, 3.63) is 101 Å². The van der Waals surface area contributed by atoms with E-state index in [2.05, 4.69) is 5.32 Å². The zero-order valence-corrected chi connectivity index (χ0v) is 21.1. The average molecular weight is 475 g/mol. The van der Waals surface area contributed by atoms with Crippen LogP contribution in [0.5, 0.6) is 0 Å². The Balaban J connectivity index is 1.87. The fourth-order valence-electron chi connectivity index (χ4n) is 3.67. The van der Waals surface area contributed by atoms with E-state index in [4.69, 9.17) is 0 Å². The number of aryl methyl sites for hydroxylation is 2. The summed E-state index contributed by atoms with van der Waals surface area (Å²) in [6.07, 6.45) is 1.32. The molecule has 34 heavy (non-hydrogen) atoms. The normalized spacial score (nSPS) is 11.6. The van der Waals surface area contributed by atoms with E-state index in [0.717, 1.165) is 28.0 Å². The van der Waals surface area contributed by atoms with Crippen LogP contribution in [0.3, 0.4) is 0 Å². The van der Waals surface area contributed by atoms with Crippen LogP contribution in [0.1, 0.15) is 35.6 Å². The van der Waals surface area contributed by atoms with E-state index in [0.29, 0.717) is 19.5 Å². The Morgan fingerprint density at radius 2 is 1.47 bits per heavy atom. The summed E-state index contributed by atoms with van der Waals surface area (Å²) in [6, 6.07) is 25.7. The molecule has 5 heteroatoms. The Morgan fingerprint density at radius 3 is 2.09 bits per heavy atom. The molecule has 0 fully saturated rings. The fourth-order valence-corrected chi connectivity index (χ4v) is 4.46. The molecule has 1 N–H and O–H groups in total. The van der Waals surface area contributed by atoms with Crippen LogP contribution in [0.4, 0.5) is 0 Å². The number of amides is 2. The van der Waals surface area contributed by atoms with Gasteiger partial charge in [-0.25, -0.2) is 0 Å². The van der Waals surface area contributed by atoms with Crippen molar-refractivity contribution in [2.75, 3.05) is 12.3 Å². The van der Waals surface area contributed by atoms with Gasteiger partial charge in [-0.2, -0.15) is 0 Å². The molecule has 0 aromatic heterocycles. The van der Waals surface area contributed by atoms with Crippen LogP contribution in [-0.4, -0.2) is 35.1 Å². The Labute approximate surface area is 207 Å². The molecule has 3 aromatic carbocycles. The minimum absolute atomic E-state index is 0.0428. The fraction of sp³-hybridized carbons (Fsp3) is 0.310. The lowest BCUT2D eigenvalue weighted by Gasteiger charge is -2.31. The molecule has 0 saturated carbocycles. The van der Waals surface area contributed by atoms with Gasteiger partial charge in [-0.3, -0.25) is 9.59 Å². The topological polar surface area (TPSA) is 49.4 Å². The van der Waals surface area contributed by atoms with E-state index in [1.807, 2.05) is 99.6 Å². The number of hydrogen-bond donors (Lipinski definition) is 1. The molecule has 1 atom stereocenters. The SMILES string of the molecule is CCCNC(=O)C(Cc1ccccc1)N(Cc1ccc(C)cc1)C(=O)CSc1ccc(C)cc1. The summed E-state index contributed by atoms with van der Waals surface area (Å²) in [6.45, 7) is 7.10. The van der Waals surface area contributed by atoms with Crippen LogP contribution in [0.15, 0.2) is 83.8 Å². The molecule has 0 aliphatic rings. The van der Waals surface area contributed by atoms with Gasteiger partial charge in [0.15, 0.2) is 0 Å². The van der Waals surface area contributed by atoms with E-state index < -0.39 is 6.04 Å². The third-order valence-electron chi connectivity index (χ3n) is 5.68. The molecule has 0 aliphatic heterocycles. The zero-order valence-electron chi connectivity index (χ0n) is 20.3. The van der Waals surface area contributed by atoms with E-state index in [1.54, 1.807) is 4.90 Å². The van der Waals surface area contributed by atoms with Crippen molar-refractivity contribution in [2.24, 2.45) is 0 Å². The van der Waals surface area contributed by atoms with Crippen molar-refractivity contribution in [3.63, 3.8) is 0 Å². The predicted molar refractivity (Wildman–Crippen MR) is 141 cm³/mol. The highest BCUT2D eigenvalue weighted by molar-refractivity contribution is 8.00. The number of benzene rings is 3. The first kappa shape index (κ1) is 25.6. The Morgan fingerprint density at radius 1 is 0.853 bits per heavy atom. The molecule has 3 aromatic rings. The standard InChI is InChI=1S/C29H34N2O2S/c1-4-18-30-29(33)27(19-24-8-6-5-7-9-24)31(20-25-14-10-22(2)11-15-25)28(32)21-34-26-16-12-23(3)13-17-26/h5-17,27H,4,18-21H2,1-3H3,(H,30,33). The number of rotatable bonds is 11. The molecule has 178 valence electrons.